The minimum absolute atomic E-state index is 0.236. The number of benzene rings is 1. The van der Waals surface area contributed by atoms with Crippen LogP contribution in [0.5, 0.6) is 0 Å². The molecule has 0 bridgehead atoms. The van der Waals surface area contributed by atoms with Gasteiger partial charge in [-0.15, -0.1) is 0 Å². The van der Waals surface area contributed by atoms with Crippen LogP contribution in [0.1, 0.15) is 24.8 Å². The smallest absolute Gasteiger partial charge is 0.144 e. The predicted molar refractivity (Wildman–Crippen MR) is 56.9 cm³/mol. The van der Waals surface area contributed by atoms with Crippen LogP contribution in [0.4, 0.5) is 4.39 Å². The number of aliphatic hydroxyl groups is 1. The van der Waals surface area contributed by atoms with Crippen molar-refractivity contribution >= 4 is 27.5 Å². The van der Waals surface area contributed by atoms with Gasteiger partial charge in [-0.25, -0.2) is 4.39 Å². The molecule has 0 amide bonds. The highest BCUT2D eigenvalue weighted by Gasteiger charge is 2.40. The Morgan fingerprint density at radius 1 is 1.43 bits per heavy atom. The van der Waals surface area contributed by atoms with Crippen LogP contribution in [0.3, 0.4) is 0 Å². The SMILES string of the molecule is OC1(c2c(Cl)ccc(Br)c2F)CCC1. The Bertz CT molecular complexity index is 377. The van der Waals surface area contributed by atoms with Gasteiger partial charge >= 0.3 is 0 Å². The van der Waals surface area contributed by atoms with E-state index in [1.165, 1.54) is 0 Å². The van der Waals surface area contributed by atoms with Crippen LogP contribution in [-0.4, -0.2) is 5.11 Å². The highest BCUT2D eigenvalue weighted by molar-refractivity contribution is 9.10. The quantitative estimate of drug-likeness (QED) is 0.779. The summed E-state index contributed by atoms with van der Waals surface area (Å²) in [5, 5.41) is 10.3. The summed E-state index contributed by atoms with van der Waals surface area (Å²) in [7, 11) is 0. The van der Waals surface area contributed by atoms with Crippen molar-refractivity contribution < 1.29 is 9.50 Å². The Kier molecular flexibility index (Phi) is 2.58. The fourth-order valence-electron chi connectivity index (χ4n) is 1.72. The molecule has 1 fully saturated rings. The monoisotopic (exact) mass is 278 g/mol. The maximum atomic E-state index is 13.7. The van der Waals surface area contributed by atoms with E-state index in [1.807, 2.05) is 0 Å². The molecule has 1 aromatic carbocycles. The van der Waals surface area contributed by atoms with Crippen molar-refractivity contribution in [2.75, 3.05) is 0 Å². The third-order valence-electron chi connectivity index (χ3n) is 2.69. The second-order valence-electron chi connectivity index (χ2n) is 3.60. The first-order valence-corrected chi connectivity index (χ1v) is 5.58. The van der Waals surface area contributed by atoms with Gasteiger partial charge in [0.1, 0.15) is 5.82 Å². The Labute approximate surface area is 95.0 Å². The molecule has 1 aliphatic rings. The molecule has 1 aliphatic carbocycles. The van der Waals surface area contributed by atoms with E-state index in [0.29, 0.717) is 22.3 Å². The Morgan fingerprint density at radius 2 is 2.07 bits per heavy atom. The van der Waals surface area contributed by atoms with Crippen molar-refractivity contribution in [2.45, 2.75) is 24.9 Å². The zero-order valence-electron chi connectivity index (χ0n) is 7.36. The fourth-order valence-corrected chi connectivity index (χ4v) is 2.37. The summed E-state index contributed by atoms with van der Waals surface area (Å²) in [5.74, 6) is -0.445. The lowest BCUT2D eigenvalue weighted by atomic mass is 9.75. The van der Waals surface area contributed by atoms with Crippen molar-refractivity contribution in [2.24, 2.45) is 0 Å². The van der Waals surface area contributed by atoms with Crippen molar-refractivity contribution in [1.82, 2.24) is 0 Å². The highest BCUT2D eigenvalue weighted by Crippen LogP contribution is 2.46. The summed E-state index contributed by atoms with van der Waals surface area (Å²) >= 11 is 8.96. The molecule has 0 unspecified atom stereocenters. The molecule has 0 heterocycles. The fraction of sp³-hybridized carbons (Fsp3) is 0.400. The first-order chi connectivity index (χ1) is 6.54. The van der Waals surface area contributed by atoms with Gasteiger partial charge in [0.15, 0.2) is 0 Å². The van der Waals surface area contributed by atoms with E-state index in [9.17, 15) is 9.50 Å². The zero-order valence-corrected chi connectivity index (χ0v) is 9.70. The van der Waals surface area contributed by atoms with Crippen LogP contribution in [-0.2, 0) is 5.60 Å². The molecule has 14 heavy (non-hydrogen) atoms. The molecule has 0 aromatic heterocycles. The van der Waals surface area contributed by atoms with Crippen LogP contribution in [0, 0.1) is 5.82 Å². The maximum Gasteiger partial charge on any atom is 0.144 e. The predicted octanol–water partition coefficient (Wildman–Crippen LogP) is 3.61. The zero-order chi connectivity index (χ0) is 10.3. The largest absolute Gasteiger partial charge is 0.385 e. The molecule has 1 nitrogen and oxygen atoms in total. The summed E-state index contributed by atoms with van der Waals surface area (Å²) in [5.41, 5.74) is -0.815. The topological polar surface area (TPSA) is 20.2 Å². The molecule has 1 saturated carbocycles. The van der Waals surface area contributed by atoms with Crippen LogP contribution >= 0.6 is 27.5 Å². The average molecular weight is 280 g/mol. The van der Waals surface area contributed by atoms with Gasteiger partial charge in [-0.3, -0.25) is 0 Å². The van der Waals surface area contributed by atoms with E-state index in [2.05, 4.69) is 15.9 Å². The summed E-state index contributed by atoms with van der Waals surface area (Å²) < 4.78 is 14.0. The van der Waals surface area contributed by atoms with Gasteiger partial charge in [0.2, 0.25) is 0 Å². The van der Waals surface area contributed by atoms with Crippen LogP contribution in [0.15, 0.2) is 16.6 Å². The molecule has 0 radical (unpaired) electrons. The average Bonchev–Trinajstić information content (AvgIpc) is 2.09. The van der Waals surface area contributed by atoms with E-state index in [1.54, 1.807) is 12.1 Å². The minimum atomic E-state index is -1.05. The Balaban J connectivity index is 2.56. The lowest BCUT2D eigenvalue weighted by Gasteiger charge is -2.37. The molecular weight excluding hydrogens is 270 g/mol. The van der Waals surface area contributed by atoms with Crippen molar-refractivity contribution in [3.05, 3.63) is 33.0 Å². The molecule has 1 N–H and O–H groups in total. The van der Waals surface area contributed by atoms with Crippen molar-refractivity contribution in [1.29, 1.82) is 0 Å². The van der Waals surface area contributed by atoms with E-state index >= 15 is 0 Å². The number of rotatable bonds is 1. The molecule has 4 heteroatoms. The van der Waals surface area contributed by atoms with Crippen molar-refractivity contribution in [3.8, 4) is 0 Å². The second kappa shape index (κ2) is 3.47. The first kappa shape index (κ1) is 10.4. The summed E-state index contributed by atoms with van der Waals surface area (Å²) in [4.78, 5) is 0. The third kappa shape index (κ3) is 1.47. The Morgan fingerprint density at radius 3 is 2.57 bits per heavy atom. The van der Waals surface area contributed by atoms with Gasteiger partial charge in [0, 0.05) is 10.6 Å². The minimum Gasteiger partial charge on any atom is -0.385 e. The lowest BCUT2D eigenvalue weighted by molar-refractivity contribution is -0.0416. The van der Waals surface area contributed by atoms with E-state index in [0.717, 1.165) is 6.42 Å². The summed E-state index contributed by atoms with van der Waals surface area (Å²) in [6.07, 6.45) is 2.08. The van der Waals surface area contributed by atoms with Gasteiger partial charge in [-0.05, 0) is 47.3 Å². The summed E-state index contributed by atoms with van der Waals surface area (Å²) in [6.45, 7) is 0. The van der Waals surface area contributed by atoms with E-state index in [-0.39, 0.29) is 5.56 Å². The normalized spacial score (nSPS) is 19.1. The van der Waals surface area contributed by atoms with Crippen LogP contribution in [0.2, 0.25) is 5.02 Å². The number of hydrogen-bond acceptors (Lipinski definition) is 1. The van der Waals surface area contributed by atoms with Crippen LogP contribution in [0.25, 0.3) is 0 Å². The van der Waals surface area contributed by atoms with Gasteiger partial charge < -0.3 is 5.11 Å². The van der Waals surface area contributed by atoms with E-state index in [4.69, 9.17) is 11.6 Å². The van der Waals surface area contributed by atoms with Crippen LogP contribution < -0.4 is 0 Å². The molecule has 0 spiro atoms. The number of halogens is 3. The highest BCUT2D eigenvalue weighted by atomic mass is 79.9. The first-order valence-electron chi connectivity index (χ1n) is 4.41. The molecule has 2 rings (SSSR count). The van der Waals surface area contributed by atoms with Gasteiger partial charge in [-0.2, -0.15) is 0 Å². The Hall–Kier alpha value is -0.120. The molecule has 1 aromatic rings. The standard InChI is InChI=1S/C10H9BrClFO/c11-6-2-3-7(12)8(9(6)13)10(14)4-1-5-10/h2-3,14H,1,4-5H2. The van der Waals surface area contributed by atoms with Gasteiger partial charge in [0.05, 0.1) is 10.1 Å². The second-order valence-corrected chi connectivity index (χ2v) is 4.86. The molecular formula is C10H9BrClFO. The maximum absolute atomic E-state index is 13.7. The molecule has 0 aliphatic heterocycles. The number of hydrogen-bond donors (Lipinski definition) is 1. The molecule has 0 saturated heterocycles. The van der Waals surface area contributed by atoms with Crippen molar-refractivity contribution in [3.63, 3.8) is 0 Å². The van der Waals surface area contributed by atoms with Gasteiger partial charge in [0.25, 0.3) is 0 Å². The molecule has 0 atom stereocenters. The lowest BCUT2D eigenvalue weighted by Crippen LogP contribution is -2.35. The van der Waals surface area contributed by atoms with E-state index < -0.39 is 11.4 Å². The summed E-state index contributed by atoms with van der Waals surface area (Å²) in [6, 6.07) is 3.14. The van der Waals surface area contributed by atoms with Gasteiger partial charge in [-0.1, -0.05) is 11.6 Å². The molecule has 76 valence electrons. The third-order valence-corrected chi connectivity index (χ3v) is 3.62.